The van der Waals surface area contributed by atoms with Crippen molar-refractivity contribution in [1.82, 2.24) is 5.32 Å². The van der Waals surface area contributed by atoms with Gasteiger partial charge in [-0.2, -0.15) is 0 Å². The van der Waals surface area contributed by atoms with E-state index in [9.17, 15) is 4.79 Å². The summed E-state index contributed by atoms with van der Waals surface area (Å²) >= 11 is 5.99. The van der Waals surface area contributed by atoms with Crippen LogP contribution in [0.3, 0.4) is 0 Å². The van der Waals surface area contributed by atoms with Gasteiger partial charge in [0.25, 0.3) is 5.91 Å². The molecule has 4 nitrogen and oxygen atoms in total. The van der Waals surface area contributed by atoms with Gasteiger partial charge in [-0.1, -0.05) is 17.7 Å². The fraction of sp³-hybridized carbons (Fsp3) is 0.462. The Morgan fingerprint density at radius 2 is 2.39 bits per heavy atom. The quantitative estimate of drug-likeness (QED) is 0.780. The summed E-state index contributed by atoms with van der Waals surface area (Å²) in [6.45, 7) is 2.94. The Kier molecular flexibility index (Phi) is 4.44. The molecule has 0 radical (unpaired) electrons. The van der Waals surface area contributed by atoms with E-state index in [-0.39, 0.29) is 0 Å². The first-order valence-corrected chi connectivity index (χ1v) is 6.59. The maximum atomic E-state index is 11.4. The summed E-state index contributed by atoms with van der Waals surface area (Å²) in [4.78, 5) is 11.4. The van der Waals surface area contributed by atoms with E-state index in [0.29, 0.717) is 16.5 Å². The predicted octanol–water partition coefficient (Wildman–Crippen LogP) is 1.85. The van der Waals surface area contributed by atoms with Gasteiger partial charge in [-0.3, -0.25) is 4.79 Å². The summed E-state index contributed by atoms with van der Waals surface area (Å²) in [5.74, 6) is 0.0864. The molecule has 5 heteroatoms. The van der Waals surface area contributed by atoms with E-state index in [1.165, 1.54) is 12.8 Å². The molecule has 0 bridgehead atoms. The normalized spacial score (nSPS) is 19.5. The van der Waals surface area contributed by atoms with Crippen LogP contribution in [0.4, 0.5) is 5.69 Å². The molecule has 2 rings (SSSR count). The molecule has 0 spiro atoms. The lowest BCUT2D eigenvalue weighted by molar-refractivity contribution is 0.100. The SMILES string of the molecule is NC(=O)c1c(Cl)cccc1NCC1CCCNC1. The van der Waals surface area contributed by atoms with E-state index in [1.807, 2.05) is 12.1 Å². The summed E-state index contributed by atoms with van der Waals surface area (Å²) in [5, 5.41) is 7.04. The van der Waals surface area contributed by atoms with Crippen LogP contribution in [0.25, 0.3) is 0 Å². The maximum absolute atomic E-state index is 11.4. The molecule has 0 saturated carbocycles. The predicted molar refractivity (Wildman–Crippen MR) is 74.1 cm³/mol. The number of benzene rings is 1. The summed E-state index contributed by atoms with van der Waals surface area (Å²) in [6, 6.07) is 5.33. The van der Waals surface area contributed by atoms with Gasteiger partial charge in [-0.05, 0) is 44.0 Å². The van der Waals surface area contributed by atoms with E-state index in [2.05, 4.69) is 10.6 Å². The molecule has 0 aromatic heterocycles. The lowest BCUT2D eigenvalue weighted by Gasteiger charge is -2.23. The van der Waals surface area contributed by atoms with Gasteiger partial charge in [0.1, 0.15) is 0 Å². The summed E-state index contributed by atoms with van der Waals surface area (Å²) in [5.41, 5.74) is 6.45. The second-order valence-electron chi connectivity index (χ2n) is 4.62. The summed E-state index contributed by atoms with van der Waals surface area (Å²) in [7, 11) is 0. The number of carbonyl (C=O) groups is 1. The maximum Gasteiger partial charge on any atom is 0.252 e. The molecule has 1 aromatic carbocycles. The molecule has 1 atom stereocenters. The van der Waals surface area contributed by atoms with E-state index < -0.39 is 5.91 Å². The highest BCUT2D eigenvalue weighted by Gasteiger charge is 2.15. The highest BCUT2D eigenvalue weighted by molar-refractivity contribution is 6.34. The van der Waals surface area contributed by atoms with Crippen LogP contribution in [-0.2, 0) is 0 Å². The first-order valence-electron chi connectivity index (χ1n) is 6.21. The molecule has 0 aliphatic carbocycles. The number of anilines is 1. The van der Waals surface area contributed by atoms with E-state index in [1.54, 1.807) is 6.07 Å². The van der Waals surface area contributed by atoms with Crippen LogP contribution in [0, 0.1) is 5.92 Å². The van der Waals surface area contributed by atoms with Crippen molar-refractivity contribution >= 4 is 23.2 Å². The number of piperidine rings is 1. The third-order valence-corrected chi connectivity index (χ3v) is 3.56. The van der Waals surface area contributed by atoms with Crippen molar-refractivity contribution < 1.29 is 4.79 Å². The standard InChI is InChI=1S/C13H18ClN3O/c14-10-4-1-5-11(12(10)13(15)18)17-8-9-3-2-6-16-7-9/h1,4-5,9,16-17H,2-3,6-8H2,(H2,15,18). The van der Waals surface area contributed by atoms with Gasteiger partial charge < -0.3 is 16.4 Å². The molecular weight excluding hydrogens is 250 g/mol. The molecule has 1 aliphatic heterocycles. The van der Waals surface area contributed by atoms with Crippen molar-refractivity contribution in [3.8, 4) is 0 Å². The minimum atomic E-state index is -0.495. The fourth-order valence-corrected chi connectivity index (χ4v) is 2.54. The molecular formula is C13H18ClN3O. The van der Waals surface area contributed by atoms with Crippen LogP contribution in [0.15, 0.2) is 18.2 Å². The molecule has 1 saturated heterocycles. The zero-order chi connectivity index (χ0) is 13.0. The summed E-state index contributed by atoms with van der Waals surface area (Å²) < 4.78 is 0. The first-order chi connectivity index (χ1) is 8.68. The summed E-state index contributed by atoms with van der Waals surface area (Å²) in [6.07, 6.45) is 2.40. The molecule has 1 amide bonds. The zero-order valence-electron chi connectivity index (χ0n) is 10.2. The van der Waals surface area contributed by atoms with E-state index >= 15 is 0 Å². The first kappa shape index (κ1) is 13.2. The molecule has 1 aliphatic rings. The number of hydrogen-bond donors (Lipinski definition) is 3. The van der Waals surface area contributed by atoms with Gasteiger partial charge >= 0.3 is 0 Å². The number of amides is 1. The monoisotopic (exact) mass is 267 g/mol. The number of nitrogens with one attached hydrogen (secondary N) is 2. The van der Waals surface area contributed by atoms with Gasteiger partial charge in [-0.15, -0.1) is 0 Å². The third kappa shape index (κ3) is 3.15. The lowest BCUT2D eigenvalue weighted by Crippen LogP contribution is -2.33. The number of hydrogen-bond acceptors (Lipinski definition) is 3. The lowest BCUT2D eigenvalue weighted by atomic mass is 9.99. The Labute approximate surface area is 112 Å². The zero-order valence-corrected chi connectivity index (χ0v) is 11.0. The highest BCUT2D eigenvalue weighted by Crippen LogP contribution is 2.24. The van der Waals surface area contributed by atoms with Crippen molar-refractivity contribution in [2.24, 2.45) is 11.7 Å². The molecule has 98 valence electrons. The Bertz CT molecular complexity index is 430. The third-order valence-electron chi connectivity index (χ3n) is 3.24. The Balaban J connectivity index is 2.04. The topological polar surface area (TPSA) is 67.2 Å². The van der Waals surface area contributed by atoms with Crippen LogP contribution in [0.1, 0.15) is 23.2 Å². The van der Waals surface area contributed by atoms with Crippen LogP contribution < -0.4 is 16.4 Å². The van der Waals surface area contributed by atoms with Gasteiger partial charge in [0.05, 0.1) is 10.6 Å². The van der Waals surface area contributed by atoms with E-state index in [4.69, 9.17) is 17.3 Å². The average molecular weight is 268 g/mol. The van der Waals surface area contributed by atoms with Crippen LogP contribution in [-0.4, -0.2) is 25.5 Å². The van der Waals surface area contributed by atoms with Gasteiger partial charge in [0.2, 0.25) is 0 Å². The number of carbonyl (C=O) groups excluding carboxylic acids is 1. The molecule has 4 N–H and O–H groups in total. The Morgan fingerprint density at radius 1 is 1.56 bits per heavy atom. The second kappa shape index (κ2) is 6.07. The second-order valence-corrected chi connectivity index (χ2v) is 5.03. The van der Waals surface area contributed by atoms with Crippen molar-refractivity contribution in [3.05, 3.63) is 28.8 Å². The number of primary amides is 1. The average Bonchev–Trinajstić information content (AvgIpc) is 2.37. The molecule has 1 aromatic rings. The Hall–Kier alpha value is -1.26. The van der Waals surface area contributed by atoms with Crippen molar-refractivity contribution in [1.29, 1.82) is 0 Å². The fourth-order valence-electron chi connectivity index (χ4n) is 2.27. The minimum Gasteiger partial charge on any atom is -0.384 e. The van der Waals surface area contributed by atoms with Crippen LogP contribution in [0.5, 0.6) is 0 Å². The highest BCUT2D eigenvalue weighted by atomic mass is 35.5. The van der Waals surface area contributed by atoms with Gasteiger partial charge in [-0.25, -0.2) is 0 Å². The van der Waals surface area contributed by atoms with Crippen molar-refractivity contribution in [2.75, 3.05) is 25.0 Å². The van der Waals surface area contributed by atoms with Gasteiger partial charge in [0.15, 0.2) is 0 Å². The van der Waals surface area contributed by atoms with Crippen LogP contribution in [0.2, 0.25) is 5.02 Å². The van der Waals surface area contributed by atoms with E-state index in [0.717, 1.165) is 25.3 Å². The molecule has 18 heavy (non-hydrogen) atoms. The van der Waals surface area contributed by atoms with Gasteiger partial charge in [0, 0.05) is 12.2 Å². The molecule has 1 unspecified atom stereocenters. The van der Waals surface area contributed by atoms with Crippen molar-refractivity contribution in [2.45, 2.75) is 12.8 Å². The molecule has 1 heterocycles. The number of rotatable bonds is 4. The smallest absolute Gasteiger partial charge is 0.252 e. The van der Waals surface area contributed by atoms with Crippen LogP contribution >= 0.6 is 11.6 Å². The molecule has 1 fully saturated rings. The van der Waals surface area contributed by atoms with Crippen molar-refractivity contribution in [3.63, 3.8) is 0 Å². The minimum absolute atomic E-state index is 0.378. The Morgan fingerprint density at radius 3 is 3.06 bits per heavy atom. The number of nitrogens with two attached hydrogens (primary N) is 1. The largest absolute Gasteiger partial charge is 0.384 e. The number of halogens is 1.